The number of hydrogen-bond donors (Lipinski definition) is 2. The van der Waals surface area contributed by atoms with Crippen molar-refractivity contribution in [3.63, 3.8) is 0 Å². The van der Waals surface area contributed by atoms with Crippen LogP contribution in [-0.4, -0.2) is 39.5 Å². The Morgan fingerprint density at radius 2 is 2.12 bits per heavy atom. The summed E-state index contributed by atoms with van der Waals surface area (Å²) in [5.41, 5.74) is 0.669. The van der Waals surface area contributed by atoms with Gasteiger partial charge in [-0.3, -0.25) is 14.7 Å². The van der Waals surface area contributed by atoms with Crippen molar-refractivity contribution >= 4 is 46.9 Å². The van der Waals surface area contributed by atoms with Crippen molar-refractivity contribution in [1.29, 1.82) is 0 Å². The van der Waals surface area contributed by atoms with E-state index < -0.39 is 11.9 Å². The largest absolute Gasteiger partial charge is 0.341 e. The maximum atomic E-state index is 11.7. The lowest BCUT2D eigenvalue weighted by atomic mass is 10.2. The van der Waals surface area contributed by atoms with Gasteiger partial charge in [0.1, 0.15) is 0 Å². The van der Waals surface area contributed by atoms with Gasteiger partial charge in [-0.25, -0.2) is 4.79 Å². The molecule has 1 aromatic heterocycles. The molecule has 25 heavy (non-hydrogen) atoms. The Morgan fingerprint density at radius 3 is 2.76 bits per heavy atom. The van der Waals surface area contributed by atoms with Crippen LogP contribution in [0.4, 0.5) is 4.79 Å². The van der Waals surface area contributed by atoms with Crippen LogP contribution < -0.4 is 10.6 Å². The van der Waals surface area contributed by atoms with Crippen molar-refractivity contribution in [2.75, 3.05) is 12.8 Å². The van der Waals surface area contributed by atoms with Gasteiger partial charge in [-0.2, -0.15) is 0 Å². The van der Waals surface area contributed by atoms with Crippen molar-refractivity contribution in [3.8, 4) is 11.4 Å². The van der Waals surface area contributed by atoms with Gasteiger partial charge in [0.2, 0.25) is 5.91 Å². The summed E-state index contributed by atoms with van der Waals surface area (Å²) in [5.74, 6) is 0.108. The van der Waals surface area contributed by atoms with Crippen LogP contribution in [0.1, 0.15) is 0 Å². The van der Waals surface area contributed by atoms with Gasteiger partial charge in [0.05, 0.1) is 10.8 Å². The average Bonchev–Trinajstić information content (AvgIpc) is 2.96. The minimum Gasteiger partial charge on any atom is -0.341 e. The monoisotopic (exact) mass is 399 g/mol. The maximum absolute atomic E-state index is 11.7. The van der Waals surface area contributed by atoms with E-state index in [-0.39, 0.29) is 5.75 Å². The average molecular weight is 400 g/mol. The molecule has 1 aromatic carbocycles. The Labute approximate surface area is 158 Å². The Kier molecular flexibility index (Phi) is 6.86. The molecule has 0 saturated heterocycles. The van der Waals surface area contributed by atoms with Crippen LogP contribution in [-0.2, 0) is 11.3 Å². The third-order valence-electron chi connectivity index (χ3n) is 3.01. The molecule has 7 nitrogen and oxygen atoms in total. The maximum Gasteiger partial charge on any atom is 0.321 e. The van der Waals surface area contributed by atoms with Gasteiger partial charge in [-0.1, -0.05) is 41.0 Å². The highest BCUT2D eigenvalue weighted by Crippen LogP contribution is 2.31. The molecule has 2 N–H and O–H groups in total. The lowest BCUT2D eigenvalue weighted by molar-refractivity contribution is -0.117. The summed E-state index contributed by atoms with van der Waals surface area (Å²) in [6.45, 7) is 4.15. The number of carbonyl (C=O) groups is 2. The molecule has 2 rings (SSSR count). The Morgan fingerprint density at radius 1 is 1.36 bits per heavy atom. The van der Waals surface area contributed by atoms with Crippen LogP contribution in [0.2, 0.25) is 10.0 Å². The second-order valence-corrected chi connectivity index (χ2v) is 6.53. The van der Waals surface area contributed by atoms with E-state index in [9.17, 15) is 9.59 Å². The summed E-state index contributed by atoms with van der Waals surface area (Å²) < 4.78 is 1.78. The smallest absolute Gasteiger partial charge is 0.321 e. The van der Waals surface area contributed by atoms with Crippen molar-refractivity contribution in [2.45, 2.75) is 11.7 Å². The third-order valence-corrected chi connectivity index (χ3v) is 4.53. The predicted molar refractivity (Wildman–Crippen MR) is 99.0 cm³/mol. The van der Waals surface area contributed by atoms with E-state index in [1.165, 1.54) is 7.05 Å². The fraction of sp³-hybridized carbons (Fsp3) is 0.200. The molecule has 0 atom stereocenters. The first-order valence-electron chi connectivity index (χ1n) is 7.10. The van der Waals surface area contributed by atoms with E-state index in [2.05, 4.69) is 27.4 Å². The van der Waals surface area contributed by atoms with Crippen LogP contribution in [0.3, 0.4) is 0 Å². The van der Waals surface area contributed by atoms with Crippen molar-refractivity contribution < 1.29 is 9.59 Å². The first-order valence-corrected chi connectivity index (χ1v) is 8.84. The Balaban J connectivity index is 2.23. The molecule has 0 spiro atoms. The fourth-order valence-corrected chi connectivity index (χ4v) is 3.16. The lowest BCUT2D eigenvalue weighted by Gasteiger charge is -2.09. The van der Waals surface area contributed by atoms with E-state index in [4.69, 9.17) is 23.2 Å². The topological polar surface area (TPSA) is 88.9 Å². The van der Waals surface area contributed by atoms with Gasteiger partial charge in [0, 0.05) is 24.2 Å². The number of aromatic nitrogens is 3. The Hall–Kier alpha value is -2.03. The van der Waals surface area contributed by atoms with Crippen molar-refractivity contribution in [3.05, 3.63) is 40.9 Å². The molecule has 0 bridgehead atoms. The fourth-order valence-electron chi connectivity index (χ4n) is 1.91. The summed E-state index contributed by atoms with van der Waals surface area (Å²) in [4.78, 5) is 22.8. The number of carbonyl (C=O) groups excluding carboxylic acids is 2. The second-order valence-electron chi connectivity index (χ2n) is 4.75. The first-order chi connectivity index (χ1) is 12.0. The van der Waals surface area contributed by atoms with Crippen LogP contribution in [0, 0.1) is 0 Å². The third kappa shape index (κ3) is 4.97. The summed E-state index contributed by atoms with van der Waals surface area (Å²) >= 11 is 13.3. The number of nitrogens with zero attached hydrogens (tertiary/aromatic N) is 3. The van der Waals surface area contributed by atoms with E-state index in [0.717, 1.165) is 11.8 Å². The van der Waals surface area contributed by atoms with Gasteiger partial charge in [0.15, 0.2) is 11.0 Å². The number of hydrogen-bond acceptors (Lipinski definition) is 5. The number of thioether (sulfide) groups is 1. The van der Waals surface area contributed by atoms with E-state index in [1.54, 1.807) is 28.8 Å². The number of imide groups is 1. The molecule has 10 heteroatoms. The highest BCUT2D eigenvalue weighted by Gasteiger charge is 2.17. The van der Waals surface area contributed by atoms with Gasteiger partial charge < -0.3 is 5.32 Å². The molecule has 0 aliphatic heterocycles. The van der Waals surface area contributed by atoms with Gasteiger partial charge in [-0.15, -0.1) is 16.8 Å². The van der Waals surface area contributed by atoms with Gasteiger partial charge in [-0.05, 0) is 18.2 Å². The summed E-state index contributed by atoms with van der Waals surface area (Å²) in [5, 5.41) is 14.2. The number of rotatable bonds is 6. The standard InChI is InChI=1S/C15H15Cl2N5O2S/c1-3-6-22-13(10-5-4-9(16)7-11(10)17)20-21-15(22)25-8-12(23)19-14(24)18-2/h3-5,7H,1,6,8H2,2H3,(H2,18,19,23,24). The van der Waals surface area contributed by atoms with Gasteiger partial charge >= 0.3 is 6.03 Å². The number of allylic oxidation sites excluding steroid dienone is 1. The summed E-state index contributed by atoms with van der Waals surface area (Å²) in [6, 6.07) is 4.52. The first kappa shape index (κ1) is 19.3. The zero-order valence-corrected chi connectivity index (χ0v) is 15.6. The highest BCUT2D eigenvalue weighted by atomic mass is 35.5. The van der Waals surface area contributed by atoms with E-state index in [0.29, 0.717) is 33.1 Å². The van der Waals surface area contributed by atoms with Crippen LogP contribution >= 0.6 is 35.0 Å². The number of urea groups is 1. The molecule has 0 unspecified atom stereocenters. The second kappa shape index (κ2) is 8.89. The van der Waals surface area contributed by atoms with Crippen LogP contribution in [0.15, 0.2) is 36.0 Å². The molecule has 0 radical (unpaired) electrons. The van der Waals surface area contributed by atoms with Crippen LogP contribution in [0.5, 0.6) is 0 Å². The molecule has 0 fully saturated rings. The zero-order chi connectivity index (χ0) is 18.4. The molecule has 132 valence electrons. The minimum atomic E-state index is -0.563. The van der Waals surface area contributed by atoms with E-state index >= 15 is 0 Å². The van der Waals surface area contributed by atoms with Gasteiger partial charge in [0.25, 0.3) is 0 Å². The SMILES string of the molecule is C=CCn1c(SCC(=O)NC(=O)NC)nnc1-c1ccc(Cl)cc1Cl. The van der Waals surface area contributed by atoms with Crippen LogP contribution in [0.25, 0.3) is 11.4 Å². The molecule has 1 heterocycles. The number of amides is 3. The molecule has 0 aliphatic carbocycles. The molecule has 3 amide bonds. The van der Waals surface area contributed by atoms with Crippen molar-refractivity contribution in [2.24, 2.45) is 0 Å². The summed E-state index contributed by atoms with van der Waals surface area (Å²) in [7, 11) is 1.43. The molecular weight excluding hydrogens is 385 g/mol. The molecule has 2 aromatic rings. The zero-order valence-electron chi connectivity index (χ0n) is 13.3. The molecule has 0 saturated carbocycles. The number of benzene rings is 1. The van der Waals surface area contributed by atoms with E-state index in [1.807, 2.05) is 0 Å². The quantitative estimate of drug-likeness (QED) is 0.575. The number of nitrogens with one attached hydrogen (secondary N) is 2. The summed E-state index contributed by atoms with van der Waals surface area (Å²) in [6.07, 6.45) is 1.69. The normalized spacial score (nSPS) is 10.4. The Bertz CT molecular complexity index is 809. The molecular formula is C15H15Cl2N5O2S. The predicted octanol–water partition coefficient (Wildman–Crippen LogP) is 2.99. The lowest BCUT2D eigenvalue weighted by Crippen LogP contribution is -2.38. The minimum absolute atomic E-state index is 0.0110. The molecule has 0 aliphatic rings. The van der Waals surface area contributed by atoms with Crippen molar-refractivity contribution in [1.82, 2.24) is 25.4 Å². The highest BCUT2D eigenvalue weighted by molar-refractivity contribution is 7.99. The number of halogens is 2.